The predicted molar refractivity (Wildman–Crippen MR) is 78.2 cm³/mol. The summed E-state index contributed by atoms with van der Waals surface area (Å²) in [6.07, 6.45) is 0.470. The number of likely N-dealkylation sites (N-methyl/N-ethyl adjacent to an activating group) is 1. The first-order valence-corrected chi connectivity index (χ1v) is 7.23. The van der Waals surface area contributed by atoms with Gasteiger partial charge in [-0.15, -0.1) is 11.8 Å². The summed E-state index contributed by atoms with van der Waals surface area (Å²) in [5, 5.41) is 22.7. The van der Waals surface area contributed by atoms with Crippen LogP contribution in [0.1, 0.15) is 20.3 Å². The molecule has 1 aromatic rings. The number of nitro groups is 1. The Bertz CT molecular complexity index is 478. The van der Waals surface area contributed by atoms with Gasteiger partial charge in [-0.25, -0.2) is 0 Å². The Balaban J connectivity index is 2.54. The van der Waals surface area contributed by atoms with E-state index in [4.69, 9.17) is 0 Å². The molecule has 2 N–H and O–H groups in total. The van der Waals surface area contributed by atoms with E-state index in [1.807, 2.05) is 6.92 Å². The van der Waals surface area contributed by atoms with Gasteiger partial charge in [0.1, 0.15) is 5.54 Å². The maximum absolute atomic E-state index is 11.2. The molecule has 1 unspecified atom stereocenters. The zero-order valence-electron chi connectivity index (χ0n) is 11.5. The molecule has 7 heteroatoms. The molecule has 20 heavy (non-hydrogen) atoms. The molecule has 0 heterocycles. The Morgan fingerprint density at radius 2 is 2.05 bits per heavy atom. The van der Waals surface area contributed by atoms with Crippen LogP contribution in [0.25, 0.3) is 0 Å². The van der Waals surface area contributed by atoms with Crippen molar-refractivity contribution in [1.82, 2.24) is 5.32 Å². The third-order valence-electron chi connectivity index (χ3n) is 2.96. The van der Waals surface area contributed by atoms with E-state index in [9.17, 15) is 20.0 Å². The van der Waals surface area contributed by atoms with Crippen molar-refractivity contribution in [3.8, 4) is 0 Å². The average molecular weight is 298 g/mol. The number of nitrogens with zero attached hydrogens (tertiary/aromatic N) is 1. The average Bonchev–Trinajstić information content (AvgIpc) is 2.39. The summed E-state index contributed by atoms with van der Waals surface area (Å²) < 4.78 is 0. The highest BCUT2D eigenvalue weighted by molar-refractivity contribution is 7.99. The number of benzene rings is 1. The number of carboxylic acid groups (broad SMARTS) is 1. The molecular formula is C13H18N2O4S. The number of hydrogen-bond donors (Lipinski definition) is 2. The minimum Gasteiger partial charge on any atom is -0.480 e. The fraction of sp³-hybridized carbons (Fsp3) is 0.462. The van der Waals surface area contributed by atoms with E-state index in [1.165, 1.54) is 23.9 Å². The quantitative estimate of drug-likeness (QED) is 0.435. The summed E-state index contributed by atoms with van der Waals surface area (Å²) in [5.41, 5.74) is -0.889. The van der Waals surface area contributed by atoms with E-state index in [1.54, 1.807) is 19.1 Å². The summed E-state index contributed by atoms with van der Waals surface area (Å²) >= 11 is 1.49. The first-order chi connectivity index (χ1) is 9.39. The van der Waals surface area contributed by atoms with Crippen molar-refractivity contribution < 1.29 is 14.8 Å². The van der Waals surface area contributed by atoms with E-state index in [0.29, 0.717) is 18.7 Å². The maximum Gasteiger partial charge on any atom is 0.323 e. The number of carbonyl (C=O) groups is 1. The summed E-state index contributed by atoms with van der Waals surface area (Å²) in [6, 6.07) is 6.24. The van der Waals surface area contributed by atoms with Crippen LogP contribution in [0.3, 0.4) is 0 Å². The molecule has 0 fully saturated rings. The topological polar surface area (TPSA) is 92.5 Å². The van der Waals surface area contributed by atoms with E-state index >= 15 is 0 Å². The van der Waals surface area contributed by atoms with Gasteiger partial charge in [0.2, 0.25) is 0 Å². The molecule has 1 aromatic carbocycles. The van der Waals surface area contributed by atoms with Crippen LogP contribution in [0.5, 0.6) is 0 Å². The number of aliphatic carboxylic acids is 1. The number of rotatable bonds is 8. The molecule has 0 bridgehead atoms. The second kappa shape index (κ2) is 7.25. The first-order valence-electron chi connectivity index (χ1n) is 6.24. The summed E-state index contributed by atoms with van der Waals surface area (Å²) in [5.74, 6) is -0.253. The Morgan fingerprint density at radius 3 is 2.50 bits per heavy atom. The second-order valence-corrected chi connectivity index (χ2v) is 5.69. The molecule has 0 aliphatic rings. The van der Waals surface area contributed by atoms with Gasteiger partial charge in [-0.1, -0.05) is 6.92 Å². The van der Waals surface area contributed by atoms with Gasteiger partial charge in [0.05, 0.1) is 4.92 Å². The fourth-order valence-corrected chi connectivity index (χ4v) is 2.77. The highest BCUT2D eigenvalue weighted by Crippen LogP contribution is 2.24. The molecule has 0 aliphatic heterocycles. The molecule has 0 saturated heterocycles. The molecule has 0 radical (unpaired) electrons. The van der Waals surface area contributed by atoms with E-state index in [2.05, 4.69) is 5.32 Å². The monoisotopic (exact) mass is 298 g/mol. The standard InChI is InChI=1S/C13H18N2O4S/c1-3-14-13(2,12(16)17)8-9-20-11-6-4-10(5-7-11)15(18)19/h4-7,14H,3,8-9H2,1-2H3,(H,16,17). The van der Waals surface area contributed by atoms with Gasteiger partial charge in [0.15, 0.2) is 0 Å². The molecular weight excluding hydrogens is 280 g/mol. The molecule has 0 aromatic heterocycles. The van der Waals surface area contributed by atoms with Gasteiger partial charge in [-0.05, 0) is 32.0 Å². The van der Waals surface area contributed by atoms with Gasteiger partial charge < -0.3 is 10.4 Å². The number of non-ortho nitro benzene ring substituents is 1. The third kappa shape index (κ3) is 4.50. The molecule has 6 nitrogen and oxygen atoms in total. The summed E-state index contributed by atoms with van der Waals surface area (Å²) in [4.78, 5) is 22.2. The number of nitro benzene ring substituents is 1. The highest BCUT2D eigenvalue weighted by atomic mass is 32.2. The van der Waals surface area contributed by atoms with Crippen molar-refractivity contribution in [2.24, 2.45) is 0 Å². The van der Waals surface area contributed by atoms with Crippen molar-refractivity contribution in [3.63, 3.8) is 0 Å². The van der Waals surface area contributed by atoms with Crippen LogP contribution >= 0.6 is 11.8 Å². The van der Waals surface area contributed by atoms with E-state index in [-0.39, 0.29) is 5.69 Å². The lowest BCUT2D eigenvalue weighted by molar-refractivity contribution is -0.384. The number of nitrogens with one attached hydrogen (secondary N) is 1. The molecule has 0 saturated carbocycles. The lowest BCUT2D eigenvalue weighted by atomic mass is 9.99. The first kappa shape index (κ1) is 16.5. The van der Waals surface area contributed by atoms with Gasteiger partial charge in [-0.2, -0.15) is 0 Å². The Kier molecular flexibility index (Phi) is 5.97. The smallest absolute Gasteiger partial charge is 0.323 e. The van der Waals surface area contributed by atoms with Crippen molar-refractivity contribution in [2.45, 2.75) is 30.7 Å². The Morgan fingerprint density at radius 1 is 1.45 bits per heavy atom. The summed E-state index contributed by atoms with van der Waals surface area (Å²) in [7, 11) is 0. The molecule has 110 valence electrons. The van der Waals surface area contributed by atoms with Crippen LogP contribution in [-0.2, 0) is 4.79 Å². The Hall–Kier alpha value is -1.60. The Labute approximate surface area is 121 Å². The normalized spacial score (nSPS) is 13.7. The molecule has 1 atom stereocenters. The van der Waals surface area contributed by atoms with Crippen LogP contribution in [-0.4, -0.2) is 33.8 Å². The van der Waals surface area contributed by atoms with Crippen molar-refractivity contribution in [1.29, 1.82) is 0 Å². The molecule has 1 rings (SSSR count). The molecule has 0 spiro atoms. The summed E-state index contributed by atoms with van der Waals surface area (Å²) in [6.45, 7) is 4.12. The second-order valence-electron chi connectivity index (χ2n) is 4.52. The minimum atomic E-state index is -0.942. The molecule has 0 aliphatic carbocycles. The number of carboxylic acids is 1. The van der Waals surface area contributed by atoms with Crippen LogP contribution in [0.2, 0.25) is 0 Å². The van der Waals surface area contributed by atoms with Crippen molar-refractivity contribution in [2.75, 3.05) is 12.3 Å². The van der Waals surface area contributed by atoms with E-state index in [0.717, 1.165) is 4.90 Å². The van der Waals surface area contributed by atoms with Gasteiger partial charge in [0, 0.05) is 22.8 Å². The SMILES string of the molecule is CCNC(C)(CCSc1ccc([N+](=O)[O-])cc1)C(=O)O. The van der Waals surface area contributed by atoms with Crippen LogP contribution < -0.4 is 5.32 Å². The predicted octanol–water partition coefficient (Wildman–Crippen LogP) is 2.53. The zero-order valence-corrected chi connectivity index (χ0v) is 12.3. The third-order valence-corrected chi connectivity index (χ3v) is 3.97. The van der Waals surface area contributed by atoms with Crippen molar-refractivity contribution in [3.05, 3.63) is 34.4 Å². The number of thioether (sulfide) groups is 1. The lowest BCUT2D eigenvalue weighted by Gasteiger charge is -2.25. The van der Waals surface area contributed by atoms with Crippen LogP contribution in [0, 0.1) is 10.1 Å². The van der Waals surface area contributed by atoms with Crippen LogP contribution in [0.15, 0.2) is 29.2 Å². The minimum absolute atomic E-state index is 0.0531. The zero-order chi connectivity index (χ0) is 15.2. The molecule has 0 amide bonds. The largest absolute Gasteiger partial charge is 0.480 e. The van der Waals surface area contributed by atoms with Crippen LogP contribution in [0.4, 0.5) is 5.69 Å². The van der Waals surface area contributed by atoms with Gasteiger partial charge in [0.25, 0.3) is 5.69 Å². The number of hydrogen-bond acceptors (Lipinski definition) is 5. The fourth-order valence-electron chi connectivity index (χ4n) is 1.70. The van der Waals surface area contributed by atoms with Crippen molar-refractivity contribution >= 4 is 23.4 Å². The highest BCUT2D eigenvalue weighted by Gasteiger charge is 2.31. The maximum atomic E-state index is 11.2. The van der Waals surface area contributed by atoms with Gasteiger partial charge in [-0.3, -0.25) is 14.9 Å². The lowest BCUT2D eigenvalue weighted by Crippen LogP contribution is -2.49. The van der Waals surface area contributed by atoms with Gasteiger partial charge >= 0.3 is 5.97 Å². The van der Waals surface area contributed by atoms with E-state index < -0.39 is 16.4 Å².